The van der Waals surface area contributed by atoms with E-state index in [1.165, 1.54) is 37.7 Å². The van der Waals surface area contributed by atoms with Gasteiger partial charge < -0.3 is 4.74 Å². The van der Waals surface area contributed by atoms with E-state index in [1.807, 2.05) is 0 Å². The third kappa shape index (κ3) is 2.70. The fourth-order valence-corrected chi connectivity index (χ4v) is 3.61. The molecule has 0 bridgehead atoms. The Bertz CT molecular complexity index is 420. The number of hydrogen-bond acceptors (Lipinski definition) is 2. The van der Waals surface area contributed by atoms with E-state index < -0.39 is 0 Å². The van der Waals surface area contributed by atoms with Gasteiger partial charge in [0.1, 0.15) is 5.72 Å². The van der Waals surface area contributed by atoms with Crippen LogP contribution in [-0.2, 0) is 11.2 Å². The van der Waals surface area contributed by atoms with Gasteiger partial charge in [-0.25, -0.2) is 0 Å². The first-order valence-electron chi connectivity index (χ1n) is 7.62. The first kappa shape index (κ1) is 13.1. The van der Waals surface area contributed by atoms with Crippen LogP contribution in [0.3, 0.4) is 0 Å². The Balaban J connectivity index is 1.74. The van der Waals surface area contributed by atoms with Crippen molar-refractivity contribution < 1.29 is 4.74 Å². The van der Waals surface area contributed by atoms with Crippen molar-refractivity contribution in [1.29, 1.82) is 0 Å². The Kier molecular flexibility index (Phi) is 3.40. The summed E-state index contributed by atoms with van der Waals surface area (Å²) in [5.41, 5.74) is 1.28. The van der Waals surface area contributed by atoms with Gasteiger partial charge in [0.15, 0.2) is 0 Å². The van der Waals surface area contributed by atoms with Crippen LogP contribution in [0.1, 0.15) is 51.5 Å². The van der Waals surface area contributed by atoms with Crippen molar-refractivity contribution >= 4 is 0 Å². The average Bonchev–Trinajstić information content (AvgIpc) is 2.62. The van der Waals surface area contributed by atoms with Crippen molar-refractivity contribution in [2.45, 2.75) is 69.7 Å². The number of hydrogen-bond donors (Lipinski definition) is 1. The van der Waals surface area contributed by atoms with Gasteiger partial charge in [0.2, 0.25) is 0 Å². The molecule has 0 aromatic heterocycles. The number of rotatable bonds is 2. The SMILES string of the molecule is CC1(C)OC2(CCCCC2)N[C@H]1Cc1ccccc1. The molecule has 1 aromatic carbocycles. The molecule has 2 nitrogen and oxygen atoms in total. The lowest BCUT2D eigenvalue weighted by Crippen LogP contribution is -2.46. The van der Waals surface area contributed by atoms with Crippen LogP contribution in [0.4, 0.5) is 0 Å². The molecule has 0 radical (unpaired) electrons. The quantitative estimate of drug-likeness (QED) is 0.875. The van der Waals surface area contributed by atoms with Crippen LogP contribution in [0.2, 0.25) is 0 Å². The summed E-state index contributed by atoms with van der Waals surface area (Å²) in [6.07, 6.45) is 7.33. The lowest BCUT2D eigenvalue weighted by atomic mass is 9.91. The summed E-state index contributed by atoms with van der Waals surface area (Å²) in [5, 5.41) is 3.82. The fraction of sp³-hybridized carbons (Fsp3) is 0.647. The summed E-state index contributed by atoms with van der Waals surface area (Å²) in [4.78, 5) is 0. The van der Waals surface area contributed by atoms with Crippen molar-refractivity contribution in [3.8, 4) is 0 Å². The maximum absolute atomic E-state index is 6.45. The highest BCUT2D eigenvalue weighted by Crippen LogP contribution is 2.40. The van der Waals surface area contributed by atoms with Crippen molar-refractivity contribution in [2.24, 2.45) is 0 Å². The van der Waals surface area contributed by atoms with E-state index in [1.54, 1.807) is 0 Å². The van der Waals surface area contributed by atoms with Gasteiger partial charge >= 0.3 is 0 Å². The van der Waals surface area contributed by atoms with Crippen LogP contribution < -0.4 is 5.32 Å². The lowest BCUT2D eigenvalue weighted by molar-refractivity contribution is -0.111. The number of benzene rings is 1. The minimum absolute atomic E-state index is 0.0405. The lowest BCUT2D eigenvalue weighted by Gasteiger charge is -2.34. The number of nitrogens with one attached hydrogen (secondary N) is 1. The Morgan fingerprint density at radius 2 is 1.79 bits per heavy atom. The zero-order valence-corrected chi connectivity index (χ0v) is 12.1. The van der Waals surface area contributed by atoms with Crippen LogP contribution in [0.15, 0.2) is 30.3 Å². The predicted molar refractivity (Wildman–Crippen MR) is 78.0 cm³/mol. The molecule has 2 aliphatic rings. The van der Waals surface area contributed by atoms with E-state index in [0.29, 0.717) is 6.04 Å². The second-order valence-electron chi connectivity index (χ2n) is 6.65. The molecule has 1 N–H and O–H groups in total. The normalized spacial score (nSPS) is 28.6. The third-order valence-corrected chi connectivity index (χ3v) is 4.68. The molecule has 104 valence electrons. The van der Waals surface area contributed by atoms with E-state index >= 15 is 0 Å². The van der Waals surface area contributed by atoms with Gasteiger partial charge in [0, 0.05) is 6.04 Å². The summed E-state index contributed by atoms with van der Waals surface area (Å²) in [7, 11) is 0. The molecular weight excluding hydrogens is 234 g/mol. The summed E-state index contributed by atoms with van der Waals surface area (Å²) >= 11 is 0. The van der Waals surface area contributed by atoms with Crippen LogP contribution in [-0.4, -0.2) is 17.4 Å². The topological polar surface area (TPSA) is 21.3 Å². The van der Waals surface area contributed by atoms with Gasteiger partial charge in [-0.05, 0) is 51.5 Å². The molecule has 2 heteroatoms. The summed E-state index contributed by atoms with van der Waals surface area (Å²) in [6.45, 7) is 4.47. The van der Waals surface area contributed by atoms with Crippen molar-refractivity contribution in [2.75, 3.05) is 0 Å². The molecule has 3 rings (SSSR count). The Morgan fingerprint density at radius 1 is 1.11 bits per heavy atom. The second-order valence-corrected chi connectivity index (χ2v) is 6.65. The van der Waals surface area contributed by atoms with E-state index in [-0.39, 0.29) is 11.3 Å². The summed E-state index contributed by atoms with van der Waals surface area (Å²) in [5.74, 6) is 0. The minimum atomic E-state index is -0.0762. The zero-order chi connectivity index (χ0) is 13.3. The predicted octanol–water partition coefficient (Wildman–Crippen LogP) is 3.66. The zero-order valence-electron chi connectivity index (χ0n) is 12.1. The van der Waals surface area contributed by atoms with E-state index in [2.05, 4.69) is 49.5 Å². The summed E-state index contributed by atoms with van der Waals surface area (Å²) < 4.78 is 6.45. The largest absolute Gasteiger partial charge is 0.353 e. The van der Waals surface area contributed by atoms with Gasteiger partial charge in [-0.1, -0.05) is 36.8 Å². The van der Waals surface area contributed by atoms with Crippen LogP contribution in [0.5, 0.6) is 0 Å². The second kappa shape index (κ2) is 4.92. The van der Waals surface area contributed by atoms with Crippen LogP contribution in [0.25, 0.3) is 0 Å². The van der Waals surface area contributed by atoms with Crippen LogP contribution in [0, 0.1) is 0 Å². The van der Waals surface area contributed by atoms with Crippen molar-refractivity contribution in [3.05, 3.63) is 35.9 Å². The number of ether oxygens (including phenoxy) is 1. The minimum Gasteiger partial charge on any atom is -0.353 e. The molecule has 2 fully saturated rings. The summed E-state index contributed by atoms with van der Waals surface area (Å²) in [6, 6.07) is 11.2. The van der Waals surface area contributed by atoms with E-state index in [9.17, 15) is 0 Å². The first-order chi connectivity index (χ1) is 9.10. The third-order valence-electron chi connectivity index (χ3n) is 4.68. The monoisotopic (exact) mass is 259 g/mol. The fourth-order valence-electron chi connectivity index (χ4n) is 3.61. The average molecular weight is 259 g/mol. The maximum Gasteiger partial charge on any atom is 0.120 e. The smallest absolute Gasteiger partial charge is 0.120 e. The molecule has 1 saturated carbocycles. The molecule has 1 atom stereocenters. The van der Waals surface area contributed by atoms with E-state index in [4.69, 9.17) is 4.74 Å². The molecule has 1 aliphatic heterocycles. The van der Waals surface area contributed by atoms with Gasteiger partial charge in [-0.2, -0.15) is 0 Å². The van der Waals surface area contributed by atoms with Crippen molar-refractivity contribution in [3.63, 3.8) is 0 Å². The highest BCUT2D eigenvalue weighted by Gasteiger charge is 2.50. The Hall–Kier alpha value is -0.860. The van der Waals surface area contributed by atoms with Gasteiger partial charge in [-0.15, -0.1) is 0 Å². The van der Waals surface area contributed by atoms with Crippen molar-refractivity contribution in [1.82, 2.24) is 5.32 Å². The highest BCUT2D eigenvalue weighted by atomic mass is 16.6. The molecule has 0 unspecified atom stereocenters. The molecule has 1 saturated heterocycles. The molecule has 19 heavy (non-hydrogen) atoms. The maximum atomic E-state index is 6.45. The van der Waals surface area contributed by atoms with Gasteiger partial charge in [0.05, 0.1) is 5.60 Å². The van der Waals surface area contributed by atoms with E-state index in [0.717, 1.165) is 6.42 Å². The highest BCUT2D eigenvalue weighted by molar-refractivity contribution is 5.18. The molecular formula is C17H25NO. The molecule has 1 spiro atoms. The Labute approximate surface area is 116 Å². The molecule has 1 heterocycles. The Morgan fingerprint density at radius 3 is 2.47 bits per heavy atom. The molecule has 0 amide bonds. The standard InChI is InChI=1S/C17H25NO/c1-16(2)15(13-14-9-5-3-6-10-14)18-17(19-16)11-7-4-8-12-17/h3,5-6,9-10,15,18H,4,7-8,11-13H2,1-2H3/t15-/m0/s1. The van der Waals surface area contributed by atoms with Crippen LogP contribution >= 0.6 is 0 Å². The molecule has 1 aromatic rings. The molecule has 1 aliphatic carbocycles. The van der Waals surface area contributed by atoms with Gasteiger partial charge in [-0.3, -0.25) is 5.32 Å². The van der Waals surface area contributed by atoms with Gasteiger partial charge in [0.25, 0.3) is 0 Å². The first-order valence-corrected chi connectivity index (χ1v) is 7.62.